The zero-order valence-corrected chi connectivity index (χ0v) is 9.55. The van der Waals surface area contributed by atoms with Crippen molar-refractivity contribution in [2.24, 2.45) is 0 Å². The van der Waals surface area contributed by atoms with Gasteiger partial charge in [0.05, 0.1) is 0 Å². The van der Waals surface area contributed by atoms with E-state index in [1.54, 1.807) is 0 Å². The zero-order chi connectivity index (χ0) is 12.8. The van der Waals surface area contributed by atoms with Crippen molar-refractivity contribution in [3.05, 3.63) is 59.9 Å². The van der Waals surface area contributed by atoms with Gasteiger partial charge in [-0.25, -0.2) is 0 Å². The Morgan fingerprint density at radius 2 is 1.83 bits per heavy atom. The van der Waals surface area contributed by atoms with E-state index >= 15 is 0 Å². The Labute approximate surface area is 105 Å². The summed E-state index contributed by atoms with van der Waals surface area (Å²) in [6.45, 7) is 0.0770. The first kappa shape index (κ1) is 11.9. The van der Waals surface area contributed by atoms with Gasteiger partial charge in [0.25, 0.3) is 0 Å². The molecule has 0 fully saturated rings. The van der Waals surface area contributed by atoms with Gasteiger partial charge in [0.2, 0.25) is 5.78 Å². The number of ketones is 2. The minimum atomic E-state index is -0.309. The summed E-state index contributed by atoms with van der Waals surface area (Å²) >= 11 is 0. The summed E-state index contributed by atoms with van der Waals surface area (Å²) in [7, 11) is 0. The molecule has 0 bridgehead atoms. The molecule has 88 valence electrons. The molecule has 0 amide bonds. The predicted molar refractivity (Wildman–Crippen MR) is 66.5 cm³/mol. The first-order chi connectivity index (χ1) is 8.75. The Bertz CT molecular complexity index is 583. The largest absolute Gasteiger partial charge is 0.477 e. The third-order valence-electron chi connectivity index (χ3n) is 2.22. The summed E-state index contributed by atoms with van der Waals surface area (Å²) in [6, 6.07) is 9.45. The molecule has 1 aromatic rings. The smallest absolute Gasteiger partial charge is 0.220 e. The minimum absolute atomic E-state index is 0.0462. The van der Waals surface area contributed by atoms with Gasteiger partial charge in [-0.15, -0.1) is 0 Å². The Hall–Kier alpha value is -2.60. The maximum absolute atomic E-state index is 11.3. The SMILES string of the molecule is O=C1C=CC(=O)C(OCC#Cc2ccccc2)=C1. The van der Waals surface area contributed by atoms with Crippen LogP contribution in [0.25, 0.3) is 0 Å². The van der Waals surface area contributed by atoms with Crippen LogP contribution in [0.2, 0.25) is 0 Å². The highest BCUT2D eigenvalue weighted by Gasteiger charge is 2.13. The number of ether oxygens (including phenoxy) is 1. The van der Waals surface area contributed by atoms with Crippen molar-refractivity contribution in [2.75, 3.05) is 6.61 Å². The molecule has 1 aromatic carbocycles. The highest BCUT2D eigenvalue weighted by atomic mass is 16.5. The van der Waals surface area contributed by atoms with Crippen LogP contribution in [-0.4, -0.2) is 18.2 Å². The van der Waals surface area contributed by atoms with E-state index in [1.165, 1.54) is 18.2 Å². The lowest BCUT2D eigenvalue weighted by molar-refractivity contribution is -0.117. The second kappa shape index (κ2) is 5.65. The maximum atomic E-state index is 11.3. The van der Waals surface area contributed by atoms with E-state index in [1.807, 2.05) is 30.3 Å². The van der Waals surface area contributed by atoms with Crippen LogP contribution in [-0.2, 0) is 14.3 Å². The molecule has 0 aromatic heterocycles. The summed E-state index contributed by atoms with van der Waals surface area (Å²) in [4.78, 5) is 22.4. The number of carbonyl (C=O) groups excluding carboxylic acids is 2. The van der Waals surface area contributed by atoms with Crippen LogP contribution in [0, 0.1) is 11.8 Å². The highest BCUT2D eigenvalue weighted by Crippen LogP contribution is 2.06. The molecule has 0 unspecified atom stereocenters. The van der Waals surface area contributed by atoms with Crippen molar-refractivity contribution >= 4 is 11.6 Å². The van der Waals surface area contributed by atoms with Crippen molar-refractivity contribution in [1.29, 1.82) is 0 Å². The number of benzene rings is 1. The van der Waals surface area contributed by atoms with Gasteiger partial charge in [0.1, 0.15) is 6.61 Å². The van der Waals surface area contributed by atoms with Crippen molar-refractivity contribution < 1.29 is 14.3 Å². The molecule has 0 N–H and O–H groups in total. The monoisotopic (exact) mass is 238 g/mol. The van der Waals surface area contributed by atoms with Crippen LogP contribution >= 0.6 is 0 Å². The van der Waals surface area contributed by atoms with Gasteiger partial charge in [-0.2, -0.15) is 0 Å². The molecule has 2 rings (SSSR count). The molecule has 0 spiro atoms. The number of hydrogen-bond acceptors (Lipinski definition) is 3. The number of carbonyl (C=O) groups is 2. The van der Waals surface area contributed by atoms with Crippen molar-refractivity contribution in [3.63, 3.8) is 0 Å². The van der Waals surface area contributed by atoms with E-state index < -0.39 is 0 Å². The molecular formula is C15H10O3. The first-order valence-electron chi connectivity index (χ1n) is 5.40. The van der Waals surface area contributed by atoms with E-state index in [0.29, 0.717) is 0 Å². The summed E-state index contributed by atoms with van der Waals surface area (Å²) in [5.74, 6) is 5.17. The molecule has 3 nitrogen and oxygen atoms in total. The summed E-state index contributed by atoms with van der Waals surface area (Å²) < 4.78 is 5.15. The van der Waals surface area contributed by atoms with Gasteiger partial charge in [0.15, 0.2) is 11.5 Å². The fourth-order valence-corrected chi connectivity index (χ4v) is 1.37. The van der Waals surface area contributed by atoms with Crippen LogP contribution < -0.4 is 0 Å². The Morgan fingerprint density at radius 1 is 1.06 bits per heavy atom. The molecule has 1 aliphatic rings. The van der Waals surface area contributed by atoms with E-state index in [2.05, 4.69) is 11.8 Å². The number of allylic oxidation sites excluding steroid dienone is 3. The second-order valence-corrected chi connectivity index (χ2v) is 3.57. The first-order valence-corrected chi connectivity index (χ1v) is 5.40. The van der Waals surface area contributed by atoms with Gasteiger partial charge < -0.3 is 4.74 Å². The van der Waals surface area contributed by atoms with Crippen LogP contribution in [0.4, 0.5) is 0 Å². The van der Waals surface area contributed by atoms with Gasteiger partial charge in [0, 0.05) is 11.6 Å². The maximum Gasteiger partial charge on any atom is 0.220 e. The van der Waals surface area contributed by atoms with Crippen LogP contribution in [0.1, 0.15) is 5.56 Å². The van der Waals surface area contributed by atoms with Crippen LogP contribution in [0.3, 0.4) is 0 Å². The molecule has 0 saturated heterocycles. The lowest BCUT2D eigenvalue weighted by atomic mass is 10.1. The van der Waals surface area contributed by atoms with Crippen LogP contribution in [0.5, 0.6) is 0 Å². The molecule has 0 heterocycles. The highest BCUT2D eigenvalue weighted by molar-refractivity contribution is 6.16. The van der Waals surface area contributed by atoms with Gasteiger partial charge in [-0.3, -0.25) is 9.59 Å². The van der Waals surface area contributed by atoms with E-state index in [9.17, 15) is 9.59 Å². The quantitative estimate of drug-likeness (QED) is 0.581. The standard InChI is InChI=1S/C15H10O3/c16-13-8-9-14(17)15(11-13)18-10-4-7-12-5-2-1-3-6-12/h1-3,5-6,8-9,11H,10H2. The molecule has 0 saturated carbocycles. The Kier molecular flexibility index (Phi) is 3.72. The molecule has 0 aliphatic heterocycles. The third-order valence-corrected chi connectivity index (χ3v) is 2.22. The van der Waals surface area contributed by atoms with Crippen LogP contribution in [0.15, 0.2) is 54.3 Å². The topological polar surface area (TPSA) is 43.4 Å². The Morgan fingerprint density at radius 3 is 2.61 bits per heavy atom. The van der Waals surface area contributed by atoms with E-state index in [0.717, 1.165) is 5.56 Å². The van der Waals surface area contributed by atoms with Crippen molar-refractivity contribution in [3.8, 4) is 11.8 Å². The molecule has 18 heavy (non-hydrogen) atoms. The number of rotatable bonds is 2. The van der Waals surface area contributed by atoms with Gasteiger partial charge >= 0.3 is 0 Å². The van der Waals surface area contributed by atoms with Gasteiger partial charge in [-0.05, 0) is 24.3 Å². The predicted octanol–water partition coefficient (Wildman–Crippen LogP) is 1.65. The zero-order valence-electron chi connectivity index (χ0n) is 9.55. The lowest BCUT2D eigenvalue weighted by Crippen LogP contribution is -2.10. The average molecular weight is 238 g/mol. The minimum Gasteiger partial charge on any atom is -0.477 e. The fourth-order valence-electron chi connectivity index (χ4n) is 1.37. The van der Waals surface area contributed by atoms with Crippen molar-refractivity contribution in [2.45, 2.75) is 0 Å². The molecule has 3 heteroatoms. The Balaban J connectivity index is 1.92. The normalized spacial score (nSPS) is 13.7. The molecule has 1 aliphatic carbocycles. The fraction of sp³-hybridized carbons (Fsp3) is 0.0667. The number of hydrogen-bond donors (Lipinski definition) is 0. The second-order valence-electron chi connectivity index (χ2n) is 3.57. The third kappa shape index (κ3) is 3.19. The van der Waals surface area contributed by atoms with Gasteiger partial charge in [-0.1, -0.05) is 30.0 Å². The van der Waals surface area contributed by atoms with E-state index in [-0.39, 0.29) is 23.9 Å². The van der Waals surface area contributed by atoms with Crippen molar-refractivity contribution in [1.82, 2.24) is 0 Å². The average Bonchev–Trinajstić information content (AvgIpc) is 2.40. The van der Waals surface area contributed by atoms with E-state index in [4.69, 9.17) is 4.74 Å². The lowest BCUT2D eigenvalue weighted by Gasteiger charge is -2.05. The molecular weight excluding hydrogens is 228 g/mol. The molecule has 0 atom stereocenters. The molecule has 0 radical (unpaired) electrons. The summed E-state index contributed by atoms with van der Waals surface area (Å²) in [6.07, 6.45) is 3.58. The summed E-state index contributed by atoms with van der Waals surface area (Å²) in [5.41, 5.74) is 0.876. The summed E-state index contributed by atoms with van der Waals surface area (Å²) in [5, 5.41) is 0.